The number of hydrogen-bond acceptors (Lipinski definition) is 5. The molecule has 0 aliphatic carbocycles. The highest BCUT2D eigenvalue weighted by Crippen LogP contribution is 2.44. The molecule has 8 heteroatoms. The van der Waals surface area contributed by atoms with Crippen LogP contribution in [-0.2, 0) is 6.54 Å². The molecule has 28 heavy (non-hydrogen) atoms. The van der Waals surface area contributed by atoms with Crippen molar-refractivity contribution in [3.63, 3.8) is 0 Å². The van der Waals surface area contributed by atoms with E-state index >= 15 is 0 Å². The quantitative estimate of drug-likeness (QED) is 0.845. The molecular formula is C20H26FN5O2. The SMILES string of the molecule is CCCn1ncc(C(=O)N2C[C@@H]3CN(c4ccncc4F)C[C@]3(CO)C2)c1C. The van der Waals surface area contributed by atoms with Gasteiger partial charge in [-0.1, -0.05) is 6.92 Å². The number of aliphatic hydroxyl groups excluding tert-OH is 1. The van der Waals surface area contributed by atoms with Crippen molar-refractivity contribution in [3.8, 4) is 0 Å². The van der Waals surface area contributed by atoms with Crippen molar-refractivity contribution >= 4 is 11.6 Å². The standard InChI is InChI=1S/C20H26FN5O2/c1-3-6-26-14(2)16(7-23-26)19(28)25-10-15-9-24(11-20(15,12-25)13-27)18-4-5-22-8-17(18)21/h4-5,7-8,15,27H,3,6,9-13H2,1-2H3/t15-,20+/m0/s1. The van der Waals surface area contributed by atoms with Gasteiger partial charge in [-0.05, 0) is 19.4 Å². The van der Waals surface area contributed by atoms with Crippen molar-refractivity contribution in [2.24, 2.45) is 11.3 Å². The molecule has 2 aromatic heterocycles. The molecule has 0 radical (unpaired) electrons. The molecule has 7 nitrogen and oxygen atoms in total. The summed E-state index contributed by atoms with van der Waals surface area (Å²) in [5.74, 6) is -0.300. The Bertz CT molecular complexity index is 885. The van der Waals surface area contributed by atoms with Crippen LogP contribution in [0.5, 0.6) is 0 Å². The Morgan fingerprint density at radius 3 is 2.86 bits per heavy atom. The van der Waals surface area contributed by atoms with Gasteiger partial charge in [0, 0.05) is 55.9 Å². The number of likely N-dealkylation sites (tertiary alicyclic amines) is 1. The number of halogens is 1. The van der Waals surface area contributed by atoms with Crippen molar-refractivity contribution in [1.82, 2.24) is 19.7 Å². The average Bonchev–Trinajstić information content (AvgIpc) is 3.33. The van der Waals surface area contributed by atoms with E-state index in [2.05, 4.69) is 17.0 Å². The highest BCUT2D eigenvalue weighted by atomic mass is 19.1. The van der Waals surface area contributed by atoms with E-state index in [4.69, 9.17) is 0 Å². The van der Waals surface area contributed by atoms with E-state index in [-0.39, 0.29) is 24.2 Å². The van der Waals surface area contributed by atoms with Gasteiger partial charge in [0.25, 0.3) is 5.91 Å². The Kier molecular flexibility index (Phi) is 4.82. The Balaban J connectivity index is 1.52. The van der Waals surface area contributed by atoms with Crippen molar-refractivity contribution in [2.75, 3.05) is 37.7 Å². The number of anilines is 1. The van der Waals surface area contributed by atoms with Gasteiger partial charge in [0.1, 0.15) is 0 Å². The van der Waals surface area contributed by atoms with Crippen LogP contribution in [0.1, 0.15) is 29.4 Å². The van der Waals surface area contributed by atoms with Gasteiger partial charge < -0.3 is 14.9 Å². The maximum absolute atomic E-state index is 14.1. The molecule has 0 bridgehead atoms. The number of amides is 1. The number of carbonyl (C=O) groups is 1. The summed E-state index contributed by atoms with van der Waals surface area (Å²) >= 11 is 0. The Morgan fingerprint density at radius 1 is 1.36 bits per heavy atom. The summed E-state index contributed by atoms with van der Waals surface area (Å²) in [6, 6.07) is 1.66. The highest BCUT2D eigenvalue weighted by Gasteiger charge is 2.53. The summed E-state index contributed by atoms with van der Waals surface area (Å²) < 4.78 is 16.0. The van der Waals surface area contributed by atoms with E-state index in [1.807, 2.05) is 21.4 Å². The molecule has 4 rings (SSSR count). The van der Waals surface area contributed by atoms with Crippen LogP contribution >= 0.6 is 0 Å². The first kappa shape index (κ1) is 18.9. The van der Waals surface area contributed by atoms with Crippen LogP contribution in [0, 0.1) is 24.1 Å². The van der Waals surface area contributed by atoms with Crippen LogP contribution in [0.4, 0.5) is 10.1 Å². The number of aryl methyl sites for hydroxylation is 1. The van der Waals surface area contributed by atoms with Crippen LogP contribution in [0.25, 0.3) is 0 Å². The third-order valence-corrected chi connectivity index (χ3v) is 6.22. The summed E-state index contributed by atoms with van der Waals surface area (Å²) in [5, 5.41) is 14.5. The van der Waals surface area contributed by atoms with E-state index in [0.717, 1.165) is 18.7 Å². The Morgan fingerprint density at radius 2 is 2.18 bits per heavy atom. The number of carbonyl (C=O) groups excluding carboxylic acids is 1. The number of pyridine rings is 1. The molecule has 2 aliphatic rings. The minimum atomic E-state index is -0.432. The van der Waals surface area contributed by atoms with Gasteiger partial charge in [0.05, 0.1) is 30.3 Å². The lowest BCUT2D eigenvalue weighted by atomic mass is 9.82. The highest BCUT2D eigenvalue weighted by molar-refractivity contribution is 5.95. The molecule has 150 valence electrons. The van der Waals surface area contributed by atoms with Crippen LogP contribution in [-0.4, -0.2) is 63.5 Å². The second kappa shape index (κ2) is 7.16. The van der Waals surface area contributed by atoms with Crippen molar-refractivity contribution in [1.29, 1.82) is 0 Å². The third kappa shape index (κ3) is 2.96. The first-order valence-electron chi connectivity index (χ1n) is 9.76. The maximum Gasteiger partial charge on any atom is 0.257 e. The lowest BCUT2D eigenvalue weighted by Gasteiger charge is -2.28. The summed E-state index contributed by atoms with van der Waals surface area (Å²) in [5.41, 5.74) is 1.58. The van der Waals surface area contributed by atoms with E-state index in [1.54, 1.807) is 18.5 Å². The van der Waals surface area contributed by atoms with Gasteiger partial charge in [0.2, 0.25) is 0 Å². The molecule has 0 unspecified atom stereocenters. The summed E-state index contributed by atoms with van der Waals surface area (Å²) in [6.45, 7) is 6.91. The fourth-order valence-electron chi connectivity index (χ4n) is 4.63. The van der Waals surface area contributed by atoms with Gasteiger partial charge in [-0.15, -0.1) is 0 Å². The van der Waals surface area contributed by atoms with Gasteiger partial charge in [-0.2, -0.15) is 5.10 Å². The number of aliphatic hydroxyl groups is 1. The molecule has 1 amide bonds. The largest absolute Gasteiger partial charge is 0.396 e. The van der Waals surface area contributed by atoms with Crippen molar-refractivity contribution in [2.45, 2.75) is 26.8 Å². The number of rotatable bonds is 5. The lowest BCUT2D eigenvalue weighted by molar-refractivity contribution is 0.0747. The van der Waals surface area contributed by atoms with Crippen molar-refractivity contribution < 1.29 is 14.3 Å². The number of hydrogen-bond donors (Lipinski definition) is 1. The molecule has 0 saturated carbocycles. The minimum Gasteiger partial charge on any atom is -0.396 e. The van der Waals surface area contributed by atoms with Crippen LogP contribution in [0.3, 0.4) is 0 Å². The molecule has 2 saturated heterocycles. The van der Waals surface area contributed by atoms with E-state index in [9.17, 15) is 14.3 Å². The maximum atomic E-state index is 14.1. The fourth-order valence-corrected chi connectivity index (χ4v) is 4.63. The molecule has 2 aromatic rings. The number of aromatic nitrogens is 3. The number of fused-ring (bicyclic) bond motifs is 1. The van der Waals surface area contributed by atoms with E-state index in [0.29, 0.717) is 37.4 Å². The molecule has 4 heterocycles. The predicted octanol–water partition coefficient (Wildman–Crippen LogP) is 1.71. The minimum absolute atomic E-state index is 0.0290. The zero-order valence-corrected chi connectivity index (χ0v) is 16.3. The van der Waals surface area contributed by atoms with Gasteiger partial charge in [-0.3, -0.25) is 14.5 Å². The molecule has 1 N–H and O–H groups in total. The van der Waals surface area contributed by atoms with Gasteiger partial charge >= 0.3 is 0 Å². The summed E-state index contributed by atoms with van der Waals surface area (Å²) in [7, 11) is 0. The summed E-state index contributed by atoms with van der Waals surface area (Å²) in [6.07, 6.45) is 5.38. The molecule has 0 spiro atoms. The monoisotopic (exact) mass is 387 g/mol. The Labute approximate surface area is 163 Å². The third-order valence-electron chi connectivity index (χ3n) is 6.22. The predicted molar refractivity (Wildman–Crippen MR) is 103 cm³/mol. The fraction of sp³-hybridized carbons (Fsp3) is 0.550. The average molecular weight is 387 g/mol. The zero-order chi connectivity index (χ0) is 19.9. The van der Waals surface area contributed by atoms with Gasteiger partial charge in [-0.25, -0.2) is 4.39 Å². The molecule has 0 aromatic carbocycles. The lowest BCUT2D eigenvalue weighted by Crippen LogP contribution is -2.39. The normalized spacial score (nSPS) is 24.1. The molecule has 2 aliphatic heterocycles. The second-order valence-electron chi connectivity index (χ2n) is 7.98. The summed E-state index contributed by atoms with van der Waals surface area (Å²) in [4.78, 5) is 20.7. The van der Waals surface area contributed by atoms with Crippen LogP contribution in [0.15, 0.2) is 24.7 Å². The smallest absolute Gasteiger partial charge is 0.257 e. The van der Waals surface area contributed by atoms with Gasteiger partial charge in [0.15, 0.2) is 5.82 Å². The van der Waals surface area contributed by atoms with Crippen LogP contribution < -0.4 is 4.90 Å². The second-order valence-corrected chi connectivity index (χ2v) is 7.98. The zero-order valence-electron chi connectivity index (χ0n) is 16.3. The molecule has 2 fully saturated rings. The van der Waals surface area contributed by atoms with Crippen LogP contribution in [0.2, 0.25) is 0 Å². The van der Waals surface area contributed by atoms with E-state index < -0.39 is 5.41 Å². The topological polar surface area (TPSA) is 74.5 Å². The van der Waals surface area contributed by atoms with Crippen molar-refractivity contribution in [3.05, 3.63) is 41.7 Å². The number of nitrogens with zero attached hydrogens (tertiary/aromatic N) is 5. The Hall–Kier alpha value is -2.48. The first-order valence-corrected chi connectivity index (χ1v) is 9.76. The molecule has 2 atom stereocenters. The first-order chi connectivity index (χ1) is 13.5. The molecular weight excluding hydrogens is 361 g/mol. The van der Waals surface area contributed by atoms with E-state index in [1.165, 1.54) is 6.20 Å².